The highest BCUT2D eigenvalue weighted by Gasteiger charge is 2.39. The van der Waals surface area contributed by atoms with Crippen LogP contribution in [0.3, 0.4) is 0 Å². The number of halogens is 3. The van der Waals surface area contributed by atoms with Crippen LogP contribution in [0.5, 0.6) is 0 Å². The Bertz CT molecular complexity index is 793. The molecular weight excluding hydrogens is 349 g/mol. The van der Waals surface area contributed by atoms with E-state index in [0.717, 1.165) is 12.1 Å². The third-order valence-electron chi connectivity index (χ3n) is 4.45. The topological polar surface area (TPSA) is 73.0 Å². The van der Waals surface area contributed by atoms with Gasteiger partial charge in [-0.15, -0.1) is 0 Å². The molecule has 0 unspecified atom stereocenters. The van der Waals surface area contributed by atoms with Crippen molar-refractivity contribution in [2.45, 2.75) is 64.7 Å². The highest BCUT2D eigenvalue weighted by Crippen LogP contribution is 2.35. The number of carbonyl (C=O) groups is 1. The van der Waals surface area contributed by atoms with Crippen molar-refractivity contribution in [2.24, 2.45) is 0 Å². The van der Waals surface area contributed by atoms with Crippen LogP contribution in [0.4, 0.5) is 13.2 Å². The van der Waals surface area contributed by atoms with Crippen molar-refractivity contribution in [3.63, 3.8) is 0 Å². The van der Waals surface area contributed by atoms with Gasteiger partial charge >= 0.3 is 6.18 Å². The van der Waals surface area contributed by atoms with Gasteiger partial charge in [0.15, 0.2) is 11.5 Å². The first-order chi connectivity index (χ1) is 12.3. The van der Waals surface area contributed by atoms with Crippen LogP contribution in [0.25, 0.3) is 0 Å². The first-order valence-electron chi connectivity index (χ1n) is 8.63. The van der Waals surface area contributed by atoms with Gasteiger partial charge in [0.25, 0.3) is 0 Å². The molecule has 0 fully saturated rings. The van der Waals surface area contributed by atoms with Crippen molar-refractivity contribution in [1.82, 2.24) is 20.3 Å². The van der Waals surface area contributed by atoms with E-state index in [4.69, 9.17) is 4.52 Å². The smallest absolute Gasteiger partial charge is 0.359 e. The first-order valence-corrected chi connectivity index (χ1v) is 8.63. The van der Waals surface area contributed by atoms with E-state index in [2.05, 4.69) is 15.6 Å². The van der Waals surface area contributed by atoms with Crippen LogP contribution in [0.2, 0.25) is 0 Å². The van der Waals surface area contributed by atoms with E-state index in [1.54, 1.807) is 6.07 Å². The fourth-order valence-corrected chi connectivity index (χ4v) is 3.09. The summed E-state index contributed by atoms with van der Waals surface area (Å²) in [5.41, 5.74) is 0.663. The van der Waals surface area contributed by atoms with E-state index in [1.165, 1.54) is 4.68 Å². The van der Waals surface area contributed by atoms with Crippen molar-refractivity contribution >= 4 is 5.91 Å². The normalized spacial score (nSPS) is 14.5. The Hall–Kier alpha value is -2.32. The SMILES string of the molecule is CC(C)c1cc(CNC(=O)Cn2nc(C(F)(F)F)c3c2CCCC3)on1. The van der Waals surface area contributed by atoms with Crippen molar-refractivity contribution in [3.8, 4) is 0 Å². The maximum absolute atomic E-state index is 13.2. The second kappa shape index (κ2) is 7.13. The maximum atomic E-state index is 13.2. The molecule has 6 nitrogen and oxygen atoms in total. The summed E-state index contributed by atoms with van der Waals surface area (Å²) in [5, 5.41) is 10.2. The maximum Gasteiger partial charge on any atom is 0.435 e. The lowest BCUT2D eigenvalue weighted by atomic mass is 9.95. The van der Waals surface area contributed by atoms with Crippen molar-refractivity contribution in [3.05, 3.63) is 34.5 Å². The van der Waals surface area contributed by atoms with Gasteiger partial charge in [-0.3, -0.25) is 9.48 Å². The summed E-state index contributed by atoms with van der Waals surface area (Å²) >= 11 is 0. The number of fused-ring (bicyclic) bond motifs is 1. The summed E-state index contributed by atoms with van der Waals surface area (Å²) in [6.45, 7) is 3.83. The summed E-state index contributed by atoms with van der Waals surface area (Å²) in [6, 6.07) is 1.75. The number of hydrogen-bond acceptors (Lipinski definition) is 4. The molecule has 1 N–H and O–H groups in total. The monoisotopic (exact) mass is 370 g/mol. The van der Waals surface area contributed by atoms with Crippen molar-refractivity contribution < 1.29 is 22.5 Å². The Balaban J connectivity index is 1.68. The van der Waals surface area contributed by atoms with Gasteiger partial charge in [0, 0.05) is 17.3 Å². The molecule has 9 heteroatoms. The predicted octanol–water partition coefficient (Wildman–Crippen LogP) is 3.21. The molecule has 0 aromatic carbocycles. The minimum Gasteiger partial charge on any atom is -0.359 e. The van der Waals surface area contributed by atoms with E-state index < -0.39 is 17.8 Å². The Morgan fingerprint density at radius 2 is 2.08 bits per heavy atom. The third-order valence-corrected chi connectivity index (χ3v) is 4.45. The number of rotatable bonds is 5. The number of carbonyl (C=O) groups excluding carboxylic acids is 1. The molecular formula is C17H21F3N4O2. The molecule has 0 radical (unpaired) electrons. The Morgan fingerprint density at radius 1 is 1.35 bits per heavy atom. The van der Waals surface area contributed by atoms with E-state index >= 15 is 0 Å². The lowest BCUT2D eigenvalue weighted by molar-refractivity contribution is -0.142. The van der Waals surface area contributed by atoms with E-state index in [-0.39, 0.29) is 24.6 Å². The van der Waals surface area contributed by atoms with Gasteiger partial charge in [0.1, 0.15) is 6.54 Å². The molecule has 1 amide bonds. The van der Waals surface area contributed by atoms with E-state index in [9.17, 15) is 18.0 Å². The molecule has 0 atom stereocenters. The van der Waals surface area contributed by atoms with Crippen LogP contribution in [0, 0.1) is 0 Å². The molecule has 26 heavy (non-hydrogen) atoms. The average Bonchev–Trinajstić information content (AvgIpc) is 3.18. The summed E-state index contributed by atoms with van der Waals surface area (Å²) < 4.78 is 45.8. The molecule has 142 valence electrons. The molecule has 2 aromatic rings. The van der Waals surface area contributed by atoms with E-state index in [0.29, 0.717) is 30.7 Å². The van der Waals surface area contributed by atoms with Crippen LogP contribution in [-0.4, -0.2) is 20.8 Å². The minimum absolute atomic E-state index is 0.133. The molecule has 2 aromatic heterocycles. The van der Waals surface area contributed by atoms with Gasteiger partial charge in [0.05, 0.1) is 12.2 Å². The lowest BCUT2D eigenvalue weighted by Gasteiger charge is -2.14. The zero-order valence-electron chi connectivity index (χ0n) is 14.7. The Labute approximate surface area is 148 Å². The lowest BCUT2D eigenvalue weighted by Crippen LogP contribution is -2.28. The quantitative estimate of drug-likeness (QED) is 0.877. The second-order valence-electron chi connectivity index (χ2n) is 6.79. The largest absolute Gasteiger partial charge is 0.435 e. The summed E-state index contributed by atoms with van der Waals surface area (Å²) in [4.78, 5) is 12.2. The number of aromatic nitrogens is 3. The second-order valence-corrected chi connectivity index (χ2v) is 6.79. The van der Waals surface area contributed by atoms with Gasteiger partial charge in [-0.05, 0) is 31.6 Å². The van der Waals surface area contributed by atoms with E-state index in [1.807, 2.05) is 13.8 Å². The summed E-state index contributed by atoms with van der Waals surface area (Å²) in [7, 11) is 0. The zero-order chi connectivity index (χ0) is 18.9. The third kappa shape index (κ3) is 3.91. The van der Waals surface area contributed by atoms with Crippen molar-refractivity contribution in [2.75, 3.05) is 0 Å². The highest BCUT2D eigenvalue weighted by atomic mass is 19.4. The highest BCUT2D eigenvalue weighted by molar-refractivity contribution is 5.75. The van der Waals surface area contributed by atoms with Crippen molar-refractivity contribution in [1.29, 1.82) is 0 Å². The standard InChI is InChI=1S/C17H21F3N4O2/c1-10(2)13-7-11(26-23-13)8-21-15(25)9-24-14-6-4-3-5-12(14)16(22-24)17(18,19)20/h7,10H,3-6,8-9H2,1-2H3,(H,21,25). The number of hydrogen-bond donors (Lipinski definition) is 1. The first kappa shape index (κ1) is 18.5. The molecule has 0 spiro atoms. The van der Waals surface area contributed by atoms with Gasteiger partial charge in [-0.2, -0.15) is 18.3 Å². The Kier molecular flexibility index (Phi) is 5.06. The minimum atomic E-state index is -4.50. The van der Waals surface area contributed by atoms with Crippen LogP contribution in [0.1, 0.15) is 61.0 Å². The number of nitrogens with zero attached hydrogens (tertiary/aromatic N) is 3. The molecule has 1 aliphatic rings. The van der Waals surface area contributed by atoms with Crippen LogP contribution < -0.4 is 5.32 Å². The fourth-order valence-electron chi connectivity index (χ4n) is 3.09. The predicted molar refractivity (Wildman–Crippen MR) is 86.3 cm³/mol. The van der Waals surface area contributed by atoms with Crippen LogP contribution in [0.15, 0.2) is 10.6 Å². The number of nitrogens with one attached hydrogen (secondary N) is 1. The average molecular weight is 370 g/mol. The van der Waals surface area contributed by atoms with Gasteiger partial charge in [-0.1, -0.05) is 19.0 Å². The summed E-state index contributed by atoms with van der Waals surface area (Å²) in [6.07, 6.45) is -2.14. The van der Waals surface area contributed by atoms with Crippen LogP contribution >= 0.6 is 0 Å². The molecule has 0 saturated heterocycles. The Morgan fingerprint density at radius 3 is 2.73 bits per heavy atom. The molecule has 0 aliphatic heterocycles. The molecule has 0 saturated carbocycles. The number of alkyl halides is 3. The fraction of sp³-hybridized carbons (Fsp3) is 0.588. The molecule has 0 bridgehead atoms. The molecule has 3 rings (SSSR count). The summed E-state index contributed by atoms with van der Waals surface area (Å²) in [5.74, 6) is 0.289. The zero-order valence-corrected chi connectivity index (χ0v) is 14.7. The van der Waals surface area contributed by atoms with Crippen LogP contribution in [-0.2, 0) is 36.9 Å². The molecule has 1 aliphatic carbocycles. The molecule has 2 heterocycles. The van der Waals surface area contributed by atoms with Gasteiger partial charge in [-0.25, -0.2) is 0 Å². The van der Waals surface area contributed by atoms with Gasteiger partial charge in [0.2, 0.25) is 5.91 Å². The van der Waals surface area contributed by atoms with Gasteiger partial charge < -0.3 is 9.84 Å². The number of amides is 1.